The lowest BCUT2D eigenvalue weighted by Gasteiger charge is -2.11. The van der Waals surface area contributed by atoms with Crippen LogP contribution in [0.25, 0.3) is 10.8 Å². The largest absolute Gasteiger partial charge is 0.332 e. The molecule has 21 heavy (non-hydrogen) atoms. The van der Waals surface area contributed by atoms with Crippen LogP contribution in [0, 0.1) is 22.1 Å². The minimum absolute atomic E-state index is 0.0570. The first-order valence-corrected chi connectivity index (χ1v) is 6.93. The number of ether oxygens (including phenoxy) is 1. The van der Waals surface area contributed by atoms with Gasteiger partial charge in [0.15, 0.2) is 0 Å². The first-order chi connectivity index (χ1) is 10.2. The maximum absolute atomic E-state index is 12.1. The summed E-state index contributed by atoms with van der Waals surface area (Å²) in [6.07, 6.45) is -1.03. The molecule has 0 heterocycles. The highest BCUT2D eigenvalue weighted by Crippen LogP contribution is 2.15. The summed E-state index contributed by atoms with van der Waals surface area (Å²) < 4.78 is 5.11. The van der Waals surface area contributed by atoms with E-state index in [0.717, 1.165) is 10.8 Å². The van der Waals surface area contributed by atoms with Gasteiger partial charge >= 0.3 is 0 Å². The van der Waals surface area contributed by atoms with Crippen LogP contribution in [0.15, 0.2) is 42.5 Å². The topological polar surface area (TPSA) is 62.1 Å². The predicted molar refractivity (Wildman–Crippen MR) is 83.5 cm³/mol. The molecule has 1 atom stereocenters. The van der Waals surface area contributed by atoms with E-state index >= 15 is 0 Å². The zero-order chi connectivity index (χ0) is 15.1. The molecule has 2 aromatic rings. The molecular formula is C16H11BrN2O2. The Hall–Kier alpha value is -2.34. The van der Waals surface area contributed by atoms with E-state index in [9.17, 15) is 4.79 Å². The lowest BCUT2D eigenvalue weighted by Crippen LogP contribution is -2.35. The van der Waals surface area contributed by atoms with Crippen LogP contribution in [0.2, 0.25) is 0 Å². The number of hydrogen-bond donors (Lipinski definition) is 1. The van der Waals surface area contributed by atoms with Gasteiger partial charge in [-0.05, 0) is 27.7 Å². The van der Waals surface area contributed by atoms with Gasteiger partial charge in [0.25, 0.3) is 5.91 Å². The van der Waals surface area contributed by atoms with Crippen LogP contribution in [0.4, 0.5) is 0 Å². The molecule has 0 bridgehead atoms. The highest BCUT2D eigenvalue weighted by atomic mass is 79.9. The van der Waals surface area contributed by atoms with Crippen molar-refractivity contribution in [2.45, 2.75) is 6.23 Å². The number of halogens is 1. The van der Waals surface area contributed by atoms with Gasteiger partial charge in [0, 0.05) is 21.5 Å². The van der Waals surface area contributed by atoms with Crippen molar-refractivity contribution in [3.8, 4) is 16.8 Å². The molecule has 104 valence electrons. The summed E-state index contributed by atoms with van der Waals surface area (Å²) >= 11 is 2.92. The van der Waals surface area contributed by atoms with E-state index in [1.165, 1.54) is 0 Å². The summed E-state index contributed by atoms with van der Waals surface area (Å²) in [5, 5.41) is 13.5. The quantitative estimate of drug-likeness (QED) is 0.686. The predicted octanol–water partition coefficient (Wildman–Crippen LogP) is 2.79. The number of hydrogen-bond acceptors (Lipinski definition) is 3. The minimum atomic E-state index is -1.03. The number of benzene rings is 2. The third-order valence-corrected chi connectivity index (χ3v) is 3.06. The van der Waals surface area contributed by atoms with Crippen molar-refractivity contribution < 1.29 is 9.53 Å². The average molecular weight is 343 g/mol. The summed E-state index contributed by atoms with van der Waals surface area (Å²) in [6, 6.07) is 15.0. The number of carbonyl (C=O) groups excluding carboxylic acids is 1. The second-order valence-electron chi connectivity index (χ2n) is 4.13. The van der Waals surface area contributed by atoms with Crippen molar-refractivity contribution in [1.82, 2.24) is 5.32 Å². The molecule has 0 saturated carbocycles. The van der Waals surface area contributed by atoms with Gasteiger partial charge in [-0.1, -0.05) is 36.3 Å². The fourth-order valence-corrected chi connectivity index (χ4v) is 1.91. The normalized spacial score (nSPS) is 11.0. The van der Waals surface area contributed by atoms with Crippen LogP contribution in [0.3, 0.4) is 0 Å². The smallest absolute Gasteiger partial charge is 0.254 e. The van der Waals surface area contributed by atoms with Gasteiger partial charge in [0.2, 0.25) is 6.23 Å². The van der Waals surface area contributed by atoms with E-state index in [0.29, 0.717) is 5.56 Å². The van der Waals surface area contributed by atoms with E-state index in [-0.39, 0.29) is 12.5 Å². The maximum Gasteiger partial charge on any atom is 0.254 e. The number of nitriles is 1. The van der Waals surface area contributed by atoms with Crippen molar-refractivity contribution in [1.29, 1.82) is 5.26 Å². The summed E-state index contributed by atoms with van der Waals surface area (Å²) in [6.45, 7) is 0.0570. The van der Waals surface area contributed by atoms with E-state index in [1.54, 1.807) is 12.1 Å². The standard InChI is InChI=1S/C16H11BrN2O2/c17-8-3-9-21-15(11-18)19-16(20)14-7-6-12-4-1-2-5-13(12)10-14/h1-2,4-7,10,15H,9H2,(H,19,20). The molecule has 5 heteroatoms. The Morgan fingerprint density at radius 1 is 1.29 bits per heavy atom. The van der Waals surface area contributed by atoms with E-state index in [4.69, 9.17) is 10.00 Å². The molecule has 0 fully saturated rings. The summed E-state index contributed by atoms with van der Waals surface area (Å²) in [7, 11) is 0. The van der Waals surface area contributed by atoms with Gasteiger partial charge in [-0.2, -0.15) is 5.26 Å². The van der Waals surface area contributed by atoms with Crippen LogP contribution >= 0.6 is 15.9 Å². The number of rotatable bonds is 4. The van der Waals surface area contributed by atoms with Gasteiger partial charge in [-0.15, -0.1) is 0 Å². The average Bonchev–Trinajstić information content (AvgIpc) is 2.53. The van der Waals surface area contributed by atoms with Gasteiger partial charge < -0.3 is 10.1 Å². The number of carbonyl (C=O) groups is 1. The van der Waals surface area contributed by atoms with Crippen molar-refractivity contribution in [2.75, 3.05) is 6.61 Å². The zero-order valence-corrected chi connectivity index (χ0v) is 12.6. The summed E-state index contributed by atoms with van der Waals surface area (Å²) in [5.41, 5.74) is 0.476. The second kappa shape index (κ2) is 7.44. The van der Waals surface area contributed by atoms with Crippen LogP contribution in [-0.2, 0) is 4.74 Å². The first kappa shape index (κ1) is 15.1. The van der Waals surface area contributed by atoms with Crippen LogP contribution in [0.1, 0.15) is 10.4 Å². The van der Waals surface area contributed by atoms with Gasteiger partial charge in [-0.3, -0.25) is 4.79 Å². The molecule has 2 rings (SSSR count). The van der Waals surface area contributed by atoms with Gasteiger partial charge in [0.05, 0.1) is 0 Å². The lowest BCUT2D eigenvalue weighted by molar-refractivity contribution is 0.0685. The second-order valence-corrected chi connectivity index (χ2v) is 4.52. The Bertz CT molecular complexity index is 756. The molecule has 0 aliphatic carbocycles. The molecule has 0 aliphatic heterocycles. The van der Waals surface area contributed by atoms with Gasteiger partial charge in [0.1, 0.15) is 12.7 Å². The number of fused-ring (bicyclic) bond motifs is 1. The molecule has 1 unspecified atom stereocenters. The van der Waals surface area contributed by atoms with Crippen LogP contribution in [0.5, 0.6) is 0 Å². The van der Waals surface area contributed by atoms with E-state index < -0.39 is 6.23 Å². The SMILES string of the molecule is N#CC(NC(=O)c1ccc2ccccc2c1)OCC#CBr. The Morgan fingerprint density at radius 2 is 2.05 bits per heavy atom. The highest BCUT2D eigenvalue weighted by molar-refractivity contribution is 9.12. The Balaban J connectivity index is 2.10. The first-order valence-electron chi connectivity index (χ1n) is 6.14. The lowest BCUT2D eigenvalue weighted by atomic mass is 10.1. The van der Waals surface area contributed by atoms with Crippen molar-refractivity contribution in [3.63, 3.8) is 0 Å². The monoisotopic (exact) mass is 342 g/mol. The summed E-state index contributed by atoms with van der Waals surface area (Å²) in [5.74, 6) is 2.23. The Labute approximate surface area is 130 Å². The van der Waals surface area contributed by atoms with Gasteiger partial charge in [-0.25, -0.2) is 0 Å². The molecule has 0 radical (unpaired) electrons. The van der Waals surface area contributed by atoms with E-state index in [1.807, 2.05) is 36.4 Å². The molecule has 0 aliphatic rings. The summed E-state index contributed by atoms with van der Waals surface area (Å²) in [4.78, 5) is 14.6. The maximum atomic E-state index is 12.1. The number of amides is 1. The molecular weight excluding hydrogens is 332 g/mol. The van der Waals surface area contributed by atoms with Crippen molar-refractivity contribution in [2.24, 2.45) is 0 Å². The molecule has 1 amide bonds. The Morgan fingerprint density at radius 3 is 2.76 bits per heavy atom. The molecule has 0 aromatic heterocycles. The van der Waals surface area contributed by atoms with E-state index in [2.05, 4.69) is 32.0 Å². The third-order valence-electron chi connectivity index (χ3n) is 2.78. The van der Waals surface area contributed by atoms with Crippen molar-refractivity contribution >= 4 is 32.6 Å². The van der Waals surface area contributed by atoms with Crippen molar-refractivity contribution in [3.05, 3.63) is 48.0 Å². The fraction of sp³-hybridized carbons (Fsp3) is 0.125. The van der Waals surface area contributed by atoms with Crippen LogP contribution < -0.4 is 5.32 Å². The third kappa shape index (κ3) is 4.06. The number of nitrogens with one attached hydrogen (secondary N) is 1. The molecule has 2 aromatic carbocycles. The molecule has 0 saturated heterocycles. The zero-order valence-electron chi connectivity index (χ0n) is 11.0. The molecule has 0 spiro atoms. The molecule has 1 N–H and O–H groups in total. The molecule has 4 nitrogen and oxygen atoms in total. The number of nitrogens with zero attached hydrogens (tertiary/aromatic N) is 1. The van der Waals surface area contributed by atoms with Crippen LogP contribution in [-0.4, -0.2) is 18.7 Å². The highest BCUT2D eigenvalue weighted by Gasteiger charge is 2.13. The fourth-order valence-electron chi connectivity index (χ4n) is 1.80. The minimum Gasteiger partial charge on any atom is -0.332 e. The Kier molecular flexibility index (Phi) is 5.34.